The molecule has 136 valence electrons. The summed E-state index contributed by atoms with van der Waals surface area (Å²) in [5.41, 5.74) is -0.982. The Kier molecular flexibility index (Phi) is 4.38. The zero-order valence-corrected chi connectivity index (χ0v) is 13.9. The summed E-state index contributed by atoms with van der Waals surface area (Å²) >= 11 is 0. The number of aromatic nitrogens is 4. The molecule has 0 bridgehead atoms. The summed E-state index contributed by atoms with van der Waals surface area (Å²) < 4.78 is 52.5. The molecule has 26 heavy (non-hydrogen) atoms. The quantitative estimate of drug-likeness (QED) is 0.540. The number of hydrogen-bond acceptors (Lipinski definition) is 6. The molecule has 0 spiro atoms. The normalized spacial score (nSPS) is 11.3. The van der Waals surface area contributed by atoms with Crippen LogP contribution in [-0.4, -0.2) is 40.9 Å². The van der Waals surface area contributed by atoms with E-state index < -0.39 is 39.1 Å². The lowest BCUT2D eigenvalue weighted by atomic mass is 10.2. The van der Waals surface area contributed by atoms with Crippen molar-refractivity contribution in [3.63, 3.8) is 0 Å². The molecule has 3 rings (SSSR count). The van der Waals surface area contributed by atoms with Crippen LogP contribution < -0.4 is 15.4 Å². The van der Waals surface area contributed by atoms with Gasteiger partial charge in [0.05, 0.1) is 23.5 Å². The zero-order chi connectivity index (χ0) is 18.9. The summed E-state index contributed by atoms with van der Waals surface area (Å²) in [6.45, 7) is 0. The van der Waals surface area contributed by atoms with E-state index in [0.29, 0.717) is 11.0 Å². The Hall–Kier alpha value is -3.35. The molecule has 0 fully saturated rings. The van der Waals surface area contributed by atoms with Crippen LogP contribution in [0.3, 0.4) is 0 Å². The lowest BCUT2D eigenvalue weighted by Gasteiger charge is -2.12. The second-order valence-electron chi connectivity index (χ2n) is 5.09. The third-order valence-corrected chi connectivity index (χ3v) is 3.70. The van der Waals surface area contributed by atoms with Crippen molar-refractivity contribution in [1.82, 2.24) is 20.2 Å². The van der Waals surface area contributed by atoms with Gasteiger partial charge in [-0.15, -0.1) is 0 Å². The van der Waals surface area contributed by atoms with Crippen molar-refractivity contribution in [2.45, 2.75) is 0 Å². The molecule has 0 unspecified atom stereocenters. The highest BCUT2D eigenvalue weighted by molar-refractivity contribution is 7.92. The lowest BCUT2D eigenvalue weighted by molar-refractivity contribution is 0.262. The van der Waals surface area contributed by atoms with Crippen molar-refractivity contribution in [2.24, 2.45) is 0 Å². The number of nitrogens with zero attached hydrogens (tertiary/aromatic N) is 3. The molecule has 0 saturated carbocycles. The Labute approximate surface area is 145 Å². The van der Waals surface area contributed by atoms with E-state index in [2.05, 4.69) is 25.5 Å². The predicted octanol–water partition coefficient (Wildman–Crippen LogP) is 1.65. The molecule has 0 radical (unpaired) electrons. The first kappa shape index (κ1) is 17.5. The van der Waals surface area contributed by atoms with Crippen LogP contribution in [0.5, 0.6) is 0 Å². The summed E-state index contributed by atoms with van der Waals surface area (Å²) in [4.78, 5) is 19.8. The van der Waals surface area contributed by atoms with E-state index in [1.807, 2.05) is 10.0 Å². The van der Waals surface area contributed by atoms with E-state index in [1.165, 1.54) is 6.20 Å². The van der Waals surface area contributed by atoms with Gasteiger partial charge in [0.1, 0.15) is 23.6 Å². The van der Waals surface area contributed by atoms with Crippen molar-refractivity contribution in [1.29, 1.82) is 0 Å². The molecule has 2 aromatic heterocycles. The summed E-state index contributed by atoms with van der Waals surface area (Å²) in [5, 5.41) is 11.0. The fraction of sp³-hybridized carbons (Fsp3) is 0.0769. The number of H-pyrrole nitrogens is 1. The number of nitrogens with one attached hydrogen (secondary N) is 4. The molecule has 10 nitrogen and oxygen atoms in total. The van der Waals surface area contributed by atoms with Gasteiger partial charge in [-0.05, 0) is 12.1 Å². The summed E-state index contributed by atoms with van der Waals surface area (Å²) in [5.74, 6) is -2.30. The zero-order valence-electron chi connectivity index (χ0n) is 13.0. The number of benzene rings is 1. The Balaban J connectivity index is 1.85. The van der Waals surface area contributed by atoms with Crippen LogP contribution in [0.4, 0.5) is 30.8 Å². The largest absolute Gasteiger partial charge is 0.325 e. The number of amides is 2. The van der Waals surface area contributed by atoms with Crippen molar-refractivity contribution in [2.75, 3.05) is 21.6 Å². The summed E-state index contributed by atoms with van der Waals surface area (Å²) in [6.07, 6.45) is 3.33. The monoisotopic (exact) mass is 383 g/mol. The third kappa shape index (κ3) is 3.66. The predicted molar refractivity (Wildman–Crippen MR) is 89.1 cm³/mol. The van der Waals surface area contributed by atoms with Crippen molar-refractivity contribution < 1.29 is 22.0 Å². The van der Waals surface area contributed by atoms with Gasteiger partial charge < -0.3 is 5.32 Å². The smallest absolute Gasteiger partial charge is 0.302 e. The van der Waals surface area contributed by atoms with E-state index >= 15 is 0 Å². The first-order valence-electron chi connectivity index (χ1n) is 6.92. The van der Waals surface area contributed by atoms with E-state index in [-0.39, 0.29) is 5.82 Å². The number of anilines is 3. The van der Waals surface area contributed by atoms with Gasteiger partial charge in [-0.3, -0.25) is 15.1 Å². The number of hydrogen-bond donors (Lipinski definition) is 4. The Morgan fingerprint density at radius 3 is 2.69 bits per heavy atom. The molecule has 2 heterocycles. The molecule has 0 aliphatic carbocycles. The van der Waals surface area contributed by atoms with E-state index in [9.17, 15) is 22.0 Å². The number of urea groups is 1. The fourth-order valence-electron chi connectivity index (χ4n) is 2.06. The minimum absolute atomic E-state index is 0.0625. The highest BCUT2D eigenvalue weighted by Crippen LogP contribution is 2.27. The minimum atomic E-state index is -3.79. The van der Waals surface area contributed by atoms with Gasteiger partial charge in [-0.2, -0.15) is 5.10 Å². The van der Waals surface area contributed by atoms with Crippen LogP contribution in [0, 0.1) is 11.6 Å². The number of sulfonamides is 1. The van der Waals surface area contributed by atoms with Gasteiger partial charge in [0.2, 0.25) is 10.0 Å². The highest BCUT2D eigenvalue weighted by Gasteiger charge is 2.19. The lowest BCUT2D eigenvalue weighted by Crippen LogP contribution is -2.22. The maximum absolute atomic E-state index is 14.3. The van der Waals surface area contributed by atoms with Crippen molar-refractivity contribution in [3.05, 3.63) is 36.3 Å². The SMILES string of the molecule is CS(=O)(=O)Nc1ccc(F)c(NC(=O)Nc2ncnc3[nH]ncc23)c1F. The fourth-order valence-corrected chi connectivity index (χ4v) is 2.62. The average Bonchev–Trinajstić information content (AvgIpc) is 3.03. The molecular weight excluding hydrogens is 372 g/mol. The van der Waals surface area contributed by atoms with Gasteiger partial charge in [0.15, 0.2) is 11.5 Å². The molecule has 0 atom stereocenters. The molecule has 0 aliphatic heterocycles. The van der Waals surface area contributed by atoms with Crippen LogP contribution in [0.1, 0.15) is 0 Å². The van der Waals surface area contributed by atoms with Gasteiger partial charge in [-0.25, -0.2) is 32.0 Å². The van der Waals surface area contributed by atoms with Crippen LogP contribution in [-0.2, 0) is 10.0 Å². The van der Waals surface area contributed by atoms with Crippen molar-refractivity contribution in [3.8, 4) is 0 Å². The topological polar surface area (TPSA) is 142 Å². The second kappa shape index (κ2) is 6.51. The highest BCUT2D eigenvalue weighted by atomic mass is 32.2. The maximum atomic E-state index is 14.3. The second-order valence-corrected chi connectivity index (χ2v) is 6.84. The Bertz CT molecular complexity index is 1100. The van der Waals surface area contributed by atoms with E-state index in [1.54, 1.807) is 0 Å². The van der Waals surface area contributed by atoms with Crippen LogP contribution >= 0.6 is 0 Å². The average molecular weight is 383 g/mol. The van der Waals surface area contributed by atoms with Gasteiger partial charge in [0.25, 0.3) is 0 Å². The van der Waals surface area contributed by atoms with Gasteiger partial charge in [-0.1, -0.05) is 0 Å². The summed E-state index contributed by atoms with van der Waals surface area (Å²) in [7, 11) is -3.79. The summed E-state index contributed by atoms with van der Waals surface area (Å²) in [6, 6.07) is 0.708. The number of carbonyl (C=O) groups excluding carboxylic acids is 1. The molecule has 3 aromatic rings. The molecular formula is C13H11F2N7O3S. The number of halogens is 2. The third-order valence-electron chi connectivity index (χ3n) is 3.10. The molecule has 2 amide bonds. The van der Waals surface area contributed by atoms with Crippen LogP contribution in [0.15, 0.2) is 24.7 Å². The number of aromatic amines is 1. The molecule has 0 saturated heterocycles. The van der Waals surface area contributed by atoms with Gasteiger partial charge >= 0.3 is 6.03 Å². The van der Waals surface area contributed by atoms with Crippen LogP contribution in [0.25, 0.3) is 11.0 Å². The first-order valence-corrected chi connectivity index (χ1v) is 8.81. The Morgan fingerprint density at radius 2 is 1.96 bits per heavy atom. The molecule has 0 aliphatic rings. The molecule has 4 N–H and O–H groups in total. The maximum Gasteiger partial charge on any atom is 0.325 e. The van der Waals surface area contributed by atoms with Crippen LogP contribution in [0.2, 0.25) is 0 Å². The molecule has 1 aromatic carbocycles. The van der Waals surface area contributed by atoms with E-state index in [4.69, 9.17) is 0 Å². The van der Waals surface area contributed by atoms with Gasteiger partial charge in [0, 0.05) is 0 Å². The number of fused-ring (bicyclic) bond motifs is 1. The van der Waals surface area contributed by atoms with E-state index in [0.717, 1.165) is 24.7 Å². The standard InChI is InChI=1S/C13H11F2N7O3S/c1-26(24,25)22-8-3-2-7(14)10(9(8)15)19-13(23)20-11-6-4-18-21-12(6)17-5-16-11/h2-5,22H,1H3,(H3,16,17,18,19,20,21,23). The number of carbonyl (C=O) groups is 1. The van der Waals surface area contributed by atoms with Crippen molar-refractivity contribution >= 4 is 44.3 Å². The minimum Gasteiger partial charge on any atom is -0.302 e. The first-order chi connectivity index (χ1) is 12.2. The Morgan fingerprint density at radius 1 is 1.19 bits per heavy atom. The molecule has 13 heteroatoms. The number of rotatable bonds is 4.